The van der Waals surface area contributed by atoms with Crippen molar-refractivity contribution in [3.63, 3.8) is 0 Å². The van der Waals surface area contributed by atoms with Crippen molar-refractivity contribution in [2.75, 3.05) is 0 Å². The molecule has 0 spiro atoms. The van der Waals surface area contributed by atoms with Gasteiger partial charge in [-0.05, 0) is 29.9 Å². The number of nitrogens with one attached hydrogen (secondary N) is 2. The van der Waals surface area contributed by atoms with E-state index in [-0.39, 0.29) is 16.2 Å². The van der Waals surface area contributed by atoms with Gasteiger partial charge in [0.15, 0.2) is 0 Å². The van der Waals surface area contributed by atoms with Gasteiger partial charge in [0.05, 0.1) is 0 Å². The summed E-state index contributed by atoms with van der Waals surface area (Å²) in [6.45, 7) is 0. The van der Waals surface area contributed by atoms with Crippen molar-refractivity contribution in [2.45, 2.75) is 61.2 Å². The Balaban J connectivity index is 1.78. The molecule has 1 aliphatic carbocycles. The van der Waals surface area contributed by atoms with Gasteiger partial charge < -0.3 is 5.32 Å². The van der Waals surface area contributed by atoms with Gasteiger partial charge in [0.25, 0.3) is 10.0 Å². The molecule has 1 aromatic heterocycles. The molecule has 1 atom stereocenters. The number of carbonyl (C=O) groups is 1. The number of sulfonamides is 1. The highest BCUT2D eigenvalue weighted by Crippen LogP contribution is 2.22. The monoisotopic (exact) mass is 406 g/mol. The predicted molar refractivity (Wildman–Crippen MR) is 108 cm³/mol. The van der Waals surface area contributed by atoms with Gasteiger partial charge in [0.2, 0.25) is 5.91 Å². The molecule has 1 saturated carbocycles. The molecule has 7 heteroatoms. The van der Waals surface area contributed by atoms with Crippen LogP contribution in [0.3, 0.4) is 0 Å². The number of carbonyl (C=O) groups excluding carboxylic acids is 1. The molecule has 0 bridgehead atoms. The van der Waals surface area contributed by atoms with Crippen LogP contribution in [0.2, 0.25) is 0 Å². The Morgan fingerprint density at radius 1 is 0.963 bits per heavy atom. The van der Waals surface area contributed by atoms with Gasteiger partial charge in [-0.15, -0.1) is 11.3 Å². The minimum absolute atomic E-state index is 0.107. The van der Waals surface area contributed by atoms with E-state index in [2.05, 4.69) is 10.0 Å². The number of rotatable bonds is 6. The lowest BCUT2D eigenvalue weighted by molar-refractivity contribution is -0.123. The first-order valence-electron chi connectivity index (χ1n) is 9.47. The van der Waals surface area contributed by atoms with Crippen molar-refractivity contribution in [1.82, 2.24) is 10.0 Å². The number of hydrogen-bond donors (Lipinski definition) is 2. The highest BCUT2D eigenvalue weighted by atomic mass is 32.2. The first-order chi connectivity index (χ1) is 13.1. The van der Waals surface area contributed by atoms with E-state index in [9.17, 15) is 13.2 Å². The van der Waals surface area contributed by atoms with Crippen LogP contribution in [0.25, 0.3) is 0 Å². The Bertz CT molecular complexity index is 812. The van der Waals surface area contributed by atoms with E-state index >= 15 is 0 Å². The van der Waals surface area contributed by atoms with Crippen molar-refractivity contribution in [3.05, 3.63) is 53.4 Å². The van der Waals surface area contributed by atoms with Crippen molar-refractivity contribution < 1.29 is 13.2 Å². The molecule has 0 aliphatic heterocycles. The fourth-order valence-corrected chi connectivity index (χ4v) is 5.63. The molecule has 2 aromatic rings. The number of amides is 1. The van der Waals surface area contributed by atoms with Gasteiger partial charge in [0.1, 0.15) is 10.3 Å². The van der Waals surface area contributed by atoms with Crippen LogP contribution in [0.5, 0.6) is 0 Å². The van der Waals surface area contributed by atoms with E-state index in [4.69, 9.17) is 0 Å². The predicted octanol–water partition coefficient (Wildman–Crippen LogP) is 4.00. The maximum Gasteiger partial charge on any atom is 0.251 e. The van der Waals surface area contributed by atoms with Crippen LogP contribution in [0.15, 0.2) is 52.1 Å². The zero-order valence-electron chi connectivity index (χ0n) is 15.3. The third-order valence-electron chi connectivity index (χ3n) is 4.88. The van der Waals surface area contributed by atoms with E-state index in [0.29, 0.717) is 5.56 Å². The van der Waals surface area contributed by atoms with Crippen LogP contribution in [0.4, 0.5) is 0 Å². The van der Waals surface area contributed by atoms with E-state index in [1.165, 1.54) is 19.3 Å². The standard InChI is InChI=1S/C20H26N2O3S2/c23-20(21-17-12-7-2-1-3-8-13-17)19(16-10-5-4-6-11-16)22-27(24,25)18-14-9-15-26-18/h4-6,9-11,14-15,17,19,22H,1-3,7-8,12-13H2,(H,21,23)/t19-/m0/s1. The molecule has 1 heterocycles. The number of thiophene rings is 1. The summed E-state index contributed by atoms with van der Waals surface area (Å²) < 4.78 is 28.2. The van der Waals surface area contributed by atoms with E-state index in [1.54, 1.807) is 29.6 Å². The molecule has 27 heavy (non-hydrogen) atoms. The van der Waals surface area contributed by atoms with Gasteiger partial charge >= 0.3 is 0 Å². The van der Waals surface area contributed by atoms with Gasteiger partial charge in [-0.25, -0.2) is 8.42 Å². The molecule has 0 radical (unpaired) electrons. The molecular formula is C20H26N2O3S2. The first-order valence-corrected chi connectivity index (χ1v) is 11.8. The Labute approximate surface area is 165 Å². The van der Waals surface area contributed by atoms with Crippen molar-refractivity contribution in [1.29, 1.82) is 0 Å². The summed E-state index contributed by atoms with van der Waals surface area (Å²) in [7, 11) is -3.76. The third kappa shape index (κ3) is 5.64. The van der Waals surface area contributed by atoms with Gasteiger partial charge in [0, 0.05) is 6.04 Å². The van der Waals surface area contributed by atoms with E-state index < -0.39 is 16.1 Å². The molecular weight excluding hydrogens is 380 g/mol. The smallest absolute Gasteiger partial charge is 0.251 e. The second kappa shape index (κ2) is 9.48. The van der Waals surface area contributed by atoms with Gasteiger partial charge in [-0.2, -0.15) is 4.72 Å². The van der Waals surface area contributed by atoms with Crippen molar-refractivity contribution >= 4 is 27.3 Å². The molecule has 2 N–H and O–H groups in total. The zero-order chi connectivity index (χ0) is 19.1. The Kier molecular flexibility index (Phi) is 7.04. The second-order valence-electron chi connectivity index (χ2n) is 6.95. The largest absolute Gasteiger partial charge is 0.352 e. The Morgan fingerprint density at radius 2 is 1.63 bits per heavy atom. The SMILES string of the molecule is O=C(NC1CCCCCCC1)[C@@H](NS(=O)(=O)c1cccs1)c1ccccc1. The lowest BCUT2D eigenvalue weighted by Gasteiger charge is -2.25. The minimum Gasteiger partial charge on any atom is -0.352 e. The molecule has 3 rings (SSSR count). The van der Waals surface area contributed by atoms with Crippen LogP contribution in [-0.2, 0) is 14.8 Å². The molecule has 5 nitrogen and oxygen atoms in total. The minimum atomic E-state index is -3.76. The van der Waals surface area contributed by atoms with Crippen LogP contribution < -0.4 is 10.0 Å². The summed E-state index contributed by atoms with van der Waals surface area (Å²) in [5.74, 6) is -0.285. The molecule has 1 aliphatic rings. The topological polar surface area (TPSA) is 75.3 Å². The fourth-order valence-electron chi connectivity index (χ4n) is 3.43. The second-order valence-corrected chi connectivity index (χ2v) is 9.84. The first kappa shape index (κ1) is 20.0. The molecule has 146 valence electrons. The lowest BCUT2D eigenvalue weighted by Crippen LogP contribution is -2.44. The maximum absolute atomic E-state index is 13.0. The normalized spacial score (nSPS) is 17.6. The summed E-state index contributed by atoms with van der Waals surface area (Å²) in [5.41, 5.74) is 0.640. The maximum atomic E-state index is 13.0. The highest BCUT2D eigenvalue weighted by Gasteiger charge is 2.29. The molecule has 1 fully saturated rings. The van der Waals surface area contributed by atoms with Crippen molar-refractivity contribution in [2.24, 2.45) is 0 Å². The van der Waals surface area contributed by atoms with Crippen molar-refractivity contribution in [3.8, 4) is 0 Å². The van der Waals surface area contributed by atoms with Crippen LogP contribution in [0.1, 0.15) is 56.6 Å². The van der Waals surface area contributed by atoms with Crippen LogP contribution >= 0.6 is 11.3 Å². The van der Waals surface area contributed by atoms with Crippen LogP contribution in [0, 0.1) is 0 Å². The Morgan fingerprint density at radius 3 is 2.26 bits per heavy atom. The summed E-state index contributed by atoms with van der Waals surface area (Å²) in [4.78, 5) is 13.0. The van der Waals surface area contributed by atoms with Gasteiger partial charge in [-0.1, -0.05) is 68.5 Å². The lowest BCUT2D eigenvalue weighted by atomic mass is 9.96. The van der Waals surface area contributed by atoms with E-state index in [1.807, 2.05) is 18.2 Å². The highest BCUT2D eigenvalue weighted by molar-refractivity contribution is 7.91. The molecule has 0 unspecified atom stereocenters. The average Bonchev–Trinajstić information content (AvgIpc) is 3.18. The summed E-state index contributed by atoms with van der Waals surface area (Å²) in [6, 6.07) is 11.4. The Hall–Kier alpha value is -1.70. The summed E-state index contributed by atoms with van der Waals surface area (Å²) in [6.07, 6.45) is 7.74. The quantitative estimate of drug-likeness (QED) is 0.761. The number of benzene rings is 1. The zero-order valence-corrected chi connectivity index (χ0v) is 16.9. The third-order valence-corrected chi connectivity index (χ3v) is 7.70. The molecule has 1 aromatic carbocycles. The summed E-state index contributed by atoms with van der Waals surface area (Å²) in [5, 5.41) is 4.80. The number of hydrogen-bond acceptors (Lipinski definition) is 4. The fraction of sp³-hybridized carbons (Fsp3) is 0.450. The molecule has 0 saturated heterocycles. The molecule has 1 amide bonds. The average molecular weight is 407 g/mol. The van der Waals surface area contributed by atoms with E-state index in [0.717, 1.165) is 37.0 Å². The summed E-state index contributed by atoms with van der Waals surface area (Å²) >= 11 is 1.14. The van der Waals surface area contributed by atoms with Gasteiger partial charge in [-0.3, -0.25) is 4.79 Å². The van der Waals surface area contributed by atoms with Crippen LogP contribution in [-0.4, -0.2) is 20.4 Å².